The monoisotopic (exact) mass is 426 g/mol. The van der Waals surface area contributed by atoms with Crippen LogP contribution in [0.1, 0.15) is 58.4 Å². The molecule has 5 heteroatoms. The number of nitrogens with zero attached hydrogens (tertiary/aromatic N) is 1. The van der Waals surface area contributed by atoms with Crippen molar-refractivity contribution in [1.29, 1.82) is 0 Å². The van der Waals surface area contributed by atoms with E-state index in [0.717, 1.165) is 16.7 Å². The molecule has 2 N–H and O–H groups in total. The predicted octanol–water partition coefficient (Wildman–Crippen LogP) is 4.13. The summed E-state index contributed by atoms with van der Waals surface area (Å²) in [4.78, 5) is 25.9. The highest BCUT2D eigenvalue weighted by molar-refractivity contribution is 5.98. The Labute approximate surface area is 188 Å². The molecule has 0 aromatic heterocycles. The van der Waals surface area contributed by atoms with Crippen LogP contribution in [0.15, 0.2) is 78.9 Å². The number of hydrazone groups is 1. The molecule has 0 aliphatic carbocycles. The summed E-state index contributed by atoms with van der Waals surface area (Å²) in [6.07, 6.45) is 1.92. The molecule has 0 radical (unpaired) electrons. The van der Waals surface area contributed by atoms with Crippen LogP contribution in [-0.2, 0) is 4.79 Å². The number of benzene rings is 3. The molecule has 3 aromatic carbocycles. The lowest BCUT2D eigenvalue weighted by Gasteiger charge is -2.15. The fourth-order valence-corrected chi connectivity index (χ4v) is 3.97. The molecule has 1 aliphatic rings. The molecule has 0 saturated carbocycles. The summed E-state index contributed by atoms with van der Waals surface area (Å²) in [5.41, 5.74) is 7.64. The van der Waals surface area contributed by atoms with Gasteiger partial charge in [0.25, 0.3) is 5.91 Å². The number of carbonyl (C=O) groups excluding carboxylic acids is 2. The lowest BCUT2D eigenvalue weighted by atomic mass is 9.99. The van der Waals surface area contributed by atoms with Crippen molar-refractivity contribution in [2.45, 2.75) is 38.8 Å². The molecule has 4 rings (SSSR count). The maximum atomic E-state index is 12.9. The van der Waals surface area contributed by atoms with Gasteiger partial charge in [0.05, 0.1) is 0 Å². The third-order valence-electron chi connectivity index (χ3n) is 5.74. The first-order chi connectivity index (χ1) is 15.4. The van der Waals surface area contributed by atoms with Crippen molar-refractivity contribution in [3.63, 3.8) is 0 Å². The molecule has 0 spiro atoms. The van der Waals surface area contributed by atoms with Crippen molar-refractivity contribution in [3.8, 4) is 0 Å². The quantitative estimate of drug-likeness (QED) is 0.603. The summed E-state index contributed by atoms with van der Waals surface area (Å²) in [5.74, 6) is -0.0540. The summed E-state index contributed by atoms with van der Waals surface area (Å²) in [6, 6.07) is 24.3. The second kappa shape index (κ2) is 9.18. The smallest absolute Gasteiger partial charge is 0.304 e. The summed E-state index contributed by atoms with van der Waals surface area (Å²) in [6.45, 7) is 6.26. The Morgan fingerprint density at radius 1 is 1.00 bits per heavy atom. The van der Waals surface area contributed by atoms with Gasteiger partial charge in [-0.25, -0.2) is 0 Å². The van der Waals surface area contributed by atoms with Crippen molar-refractivity contribution in [2.75, 3.05) is 0 Å². The van der Waals surface area contributed by atoms with Crippen molar-refractivity contribution < 1.29 is 14.3 Å². The molecule has 2 atom stereocenters. The van der Waals surface area contributed by atoms with E-state index < -0.39 is 6.04 Å². The van der Waals surface area contributed by atoms with E-state index >= 15 is 0 Å². The zero-order valence-electron chi connectivity index (χ0n) is 18.6. The summed E-state index contributed by atoms with van der Waals surface area (Å²) in [5, 5.41) is 2.95. The number of hydrazine groups is 1. The van der Waals surface area contributed by atoms with Crippen molar-refractivity contribution in [3.05, 3.63) is 107 Å². The van der Waals surface area contributed by atoms with Crippen LogP contribution in [0.4, 0.5) is 0 Å². The highest BCUT2D eigenvalue weighted by atomic mass is 16.2. The lowest BCUT2D eigenvalue weighted by molar-refractivity contribution is -0.596. The number of amides is 2. The van der Waals surface area contributed by atoms with Gasteiger partial charge in [0.15, 0.2) is 6.04 Å². The molecule has 0 unspecified atom stereocenters. The van der Waals surface area contributed by atoms with E-state index in [2.05, 4.69) is 36.7 Å². The molecule has 3 aromatic rings. The number of aryl methyl sites for hydroxylation is 1. The predicted molar refractivity (Wildman–Crippen MR) is 126 cm³/mol. The lowest BCUT2D eigenvalue weighted by Crippen LogP contribution is -2.42. The maximum absolute atomic E-state index is 12.9. The van der Waals surface area contributed by atoms with Gasteiger partial charge in [-0.05, 0) is 42.7 Å². The molecule has 32 heavy (non-hydrogen) atoms. The van der Waals surface area contributed by atoms with Crippen LogP contribution in [0, 0.1) is 6.92 Å². The Morgan fingerprint density at radius 3 is 2.38 bits per heavy atom. The molecule has 1 heterocycles. The van der Waals surface area contributed by atoms with Gasteiger partial charge in [-0.3, -0.25) is 9.59 Å². The summed E-state index contributed by atoms with van der Waals surface area (Å²) in [7, 11) is 0. The first-order valence-corrected chi connectivity index (χ1v) is 10.9. The maximum Gasteiger partial charge on any atom is 0.304 e. The van der Waals surface area contributed by atoms with E-state index in [4.69, 9.17) is 0 Å². The van der Waals surface area contributed by atoms with Crippen LogP contribution in [0.3, 0.4) is 0 Å². The minimum atomic E-state index is -0.725. The average molecular weight is 427 g/mol. The van der Waals surface area contributed by atoms with Crippen molar-refractivity contribution in [2.24, 2.45) is 0 Å². The third kappa shape index (κ3) is 4.62. The van der Waals surface area contributed by atoms with E-state index in [1.807, 2.05) is 73.8 Å². The van der Waals surface area contributed by atoms with Crippen LogP contribution in [0.5, 0.6) is 0 Å². The highest BCUT2D eigenvalue weighted by Gasteiger charge is 2.47. The summed E-state index contributed by atoms with van der Waals surface area (Å²) >= 11 is 0. The molecular formula is C27H28N3O2+. The number of rotatable bonds is 5. The molecule has 5 nitrogen and oxygen atoms in total. The Bertz CT molecular complexity index is 1150. The van der Waals surface area contributed by atoms with Gasteiger partial charge in [-0.15, -0.1) is 10.1 Å². The van der Waals surface area contributed by atoms with Crippen molar-refractivity contribution in [1.82, 2.24) is 10.7 Å². The highest BCUT2D eigenvalue weighted by Crippen LogP contribution is 2.25. The third-order valence-corrected chi connectivity index (χ3v) is 5.74. The first kappa shape index (κ1) is 21.5. The number of carbonyl (C=O) groups is 2. The normalized spacial score (nSPS) is 19.2. The zero-order chi connectivity index (χ0) is 22.7. The molecule has 1 aliphatic heterocycles. The number of hydrogen-bond acceptors (Lipinski definition) is 2. The van der Waals surface area contributed by atoms with Gasteiger partial charge in [-0.1, -0.05) is 74.0 Å². The molecule has 1 saturated heterocycles. The van der Waals surface area contributed by atoms with Crippen molar-refractivity contribution >= 4 is 18.0 Å². The average Bonchev–Trinajstić information content (AvgIpc) is 3.09. The van der Waals surface area contributed by atoms with E-state index in [1.54, 1.807) is 10.8 Å². The van der Waals surface area contributed by atoms with Crippen LogP contribution in [0.25, 0.3) is 0 Å². The van der Waals surface area contributed by atoms with Gasteiger partial charge in [0.1, 0.15) is 0 Å². The van der Waals surface area contributed by atoms with E-state index in [0.29, 0.717) is 11.5 Å². The minimum Gasteiger partial charge on any atom is -0.334 e. The zero-order valence-corrected chi connectivity index (χ0v) is 18.6. The largest absolute Gasteiger partial charge is 0.334 e. The van der Waals surface area contributed by atoms with Gasteiger partial charge < -0.3 is 5.32 Å². The molecular weight excluding hydrogens is 398 g/mol. The molecule has 0 bridgehead atoms. The fraction of sp³-hybridized carbons (Fsp3) is 0.222. The van der Waals surface area contributed by atoms with Gasteiger partial charge in [-0.2, -0.15) is 0 Å². The Balaban J connectivity index is 1.67. The van der Waals surface area contributed by atoms with Crippen LogP contribution < -0.4 is 10.7 Å². The topological polar surface area (TPSA) is 61.2 Å². The second-order valence-corrected chi connectivity index (χ2v) is 8.51. The van der Waals surface area contributed by atoms with Gasteiger partial charge in [0.2, 0.25) is 12.3 Å². The van der Waals surface area contributed by atoms with E-state index in [9.17, 15) is 9.59 Å². The molecule has 1 fully saturated rings. The van der Waals surface area contributed by atoms with Crippen LogP contribution >= 0.6 is 0 Å². The fourth-order valence-electron chi connectivity index (χ4n) is 3.97. The minimum absolute atomic E-state index is 0.241. The second-order valence-electron chi connectivity index (χ2n) is 8.51. The van der Waals surface area contributed by atoms with E-state index in [1.165, 1.54) is 5.56 Å². The van der Waals surface area contributed by atoms with Crippen LogP contribution in [0.2, 0.25) is 0 Å². The van der Waals surface area contributed by atoms with Gasteiger partial charge >= 0.3 is 5.91 Å². The Morgan fingerprint density at radius 2 is 1.72 bits per heavy atom. The van der Waals surface area contributed by atoms with E-state index in [-0.39, 0.29) is 17.9 Å². The molecule has 2 amide bonds. The standard InChI is InChI=1S/C27H27N3O2/c1-18(2)21-14-12-20(13-15-21)17-30-25(22-9-5-4-6-10-22)24(27(32)29-30)28-26(31)23-11-7-8-19(3)16-23/h4-18,24-25H,1-3H3,(H-,28,29,31,32)/p+1/b30-17-/t24-,25+/m0/s1. The Kier molecular flexibility index (Phi) is 6.17. The number of hydrogen-bond donors (Lipinski definition) is 2. The Hall–Kier alpha value is -3.73. The van der Waals surface area contributed by atoms with Gasteiger partial charge in [0, 0.05) is 16.7 Å². The van der Waals surface area contributed by atoms with Crippen LogP contribution in [-0.4, -0.2) is 28.8 Å². The first-order valence-electron chi connectivity index (χ1n) is 10.9. The summed E-state index contributed by atoms with van der Waals surface area (Å²) < 4.78 is 1.79. The molecule has 162 valence electrons. The number of nitrogens with one attached hydrogen (secondary N) is 2. The SMILES string of the molecule is Cc1cccc(C(=O)N[C@@H]2C(=O)N/[N+](=C\c3ccc(C(C)C)cc3)[C@@H]2c2ccccc2)c1.